The summed E-state index contributed by atoms with van der Waals surface area (Å²) in [5.41, 5.74) is 0. The van der Waals surface area contributed by atoms with Crippen LogP contribution in [0.1, 0.15) is 0 Å². The van der Waals surface area contributed by atoms with Gasteiger partial charge in [-0.3, -0.25) is 0 Å². The summed E-state index contributed by atoms with van der Waals surface area (Å²) < 4.78 is 0. The van der Waals surface area contributed by atoms with E-state index in [1.807, 2.05) is 0 Å². The molecule has 1 radical (unpaired) electrons. The standard InChI is InChI=1S/CH3.2ClH.H3Si.Sn.H/h1H3;2*1H;1H3;;/q;;;;+2;/p-2. The third kappa shape index (κ3) is 28.4. The van der Waals surface area contributed by atoms with Crippen LogP contribution in [0.25, 0.3) is 0 Å². The van der Waals surface area contributed by atoms with E-state index < -0.39 is 16.7 Å². The third-order valence-corrected chi connectivity index (χ3v) is 0. The zero-order valence-electron chi connectivity index (χ0n) is 3.33. The van der Waals surface area contributed by atoms with Gasteiger partial charge in [-0.25, -0.2) is 0 Å². The molecule has 0 nitrogen and oxygen atoms in total. The van der Waals surface area contributed by atoms with E-state index in [2.05, 4.69) is 0 Å². The van der Waals surface area contributed by atoms with Gasteiger partial charge >= 0.3 is 42.3 Å². The van der Waals surface area contributed by atoms with E-state index in [1.54, 1.807) is 0 Å². The molecule has 0 heterocycles. The van der Waals surface area contributed by atoms with Gasteiger partial charge in [0.15, 0.2) is 0 Å². The van der Waals surface area contributed by atoms with Crippen LogP contribution in [0.5, 0.6) is 0 Å². The van der Waals surface area contributed by atoms with Crippen molar-refractivity contribution < 1.29 is 0 Å². The number of hydrogen-bond donors (Lipinski definition) is 0. The molecule has 0 unspecified atom stereocenters. The van der Waals surface area contributed by atoms with Crippen LogP contribution in [0, 0.1) is 7.43 Å². The SMILES string of the molecule is [CH3].[SiH3][SnH]([Cl])[Cl]. The second kappa shape index (κ2) is 5.60. The van der Waals surface area contributed by atoms with Crippen molar-refractivity contribution in [2.75, 3.05) is 0 Å². The van der Waals surface area contributed by atoms with Gasteiger partial charge in [-0.05, 0) is 0 Å². The van der Waals surface area contributed by atoms with E-state index in [1.165, 1.54) is 0 Å². The molecule has 0 saturated carbocycles. The minimum atomic E-state index is -1.55. The van der Waals surface area contributed by atoms with Gasteiger partial charge in [0.05, 0.1) is 0 Å². The average Bonchev–Trinajstić information content (AvgIpc) is 0.811. The number of halogens is 2. The molecule has 0 saturated heterocycles. The van der Waals surface area contributed by atoms with Gasteiger partial charge in [0.25, 0.3) is 0 Å². The fourth-order valence-electron chi connectivity index (χ4n) is 0. The zero-order valence-corrected chi connectivity index (χ0v) is 10.1. The predicted molar refractivity (Wildman–Crippen MR) is 35.2 cm³/mol. The molecule has 0 aromatic rings. The molecule has 0 aliphatic rings. The number of hydrogen-bond acceptors (Lipinski definition) is 0. The third-order valence-electron chi connectivity index (χ3n) is 0. The Kier molecular flexibility index (Phi) is 10.9. The first-order chi connectivity index (χ1) is 1.73. The molecule has 0 amide bonds. The molecule has 0 aliphatic heterocycles. The summed E-state index contributed by atoms with van der Waals surface area (Å²) in [5, 5.41) is 0. The van der Waals surface area contributed by atoms with E-state index in [0.717, 1.165) is 7.75 Å². The molecule has 33 valence electrons. The molecule has 0 atom stereocenters. The van der Waals surface area contributed by atoms with Crippen LogP contribution in [0.3, 0.4) is 0 Å². The summed E-state index contributed by atoms with van der Waals surface area (Å²) in [6, 6.07) is 0. The molecular formula is CH7Cl2SiSn. The molecule has 0 bridgehead atoms. The van der Waals surface area contributed by atoms with E-state index in [-0.39, 0.29) is 7.43 Å². The van der Waals surface area contributed by atoms with Crippen molar-refractivity contribution >= 4 is 42.3 Å². The second-order valence-electron chi connectivity index (χ2n) is 0.519. The van der Waals surface area contributed by atoms with Crippen molar-refractivity contribution in [3.63, 3.8) is 0 Å². The summed E-state index contributed by atoms with van der Waals surface area (Å²) >= 11 is -1.55. The maximum absolute atomic E-state index is 5.31. The quantitative estimate of drug-likeness (QED) is 0.520. The van der Waals surface area contributed by atoms with E-state index in [9.17, 15) is 0 Å². The molecule has 0 aromatic heterocycles. The van der Waals surface area contributed by atoms with Crippen LogP contribution in [0.4, 0.5) is 0 Å². The monoisotopic (exact) mass is 237 g/mol. The molecule has 0 aromatic carbocycles. The van der Waals surface area contributed by atoms with Crippen LogP contribution in [0.2, 0.25) is 0 Å². The Bertz CT molecular complexity index is 14.4. The Balaban J connectivity index is 0. The van der Waals surface area contributed by atoms with Crippen molar-refractivity contribution in [3.05, 3.63) is 7.43 Å². The van der Waals surface area contributed by atoms with Crippen molar-refractivity contribution in [1.82, 2.24) is 0 Å². The van der Waals surface area contributed by atoms with Gasteiger partial charge in [-0.1, -0.05) is 7.43 Å². The van der Waals surface area contributed by atoms with Gasteiger partial charge in [-0.15, -0.1) is 0 Å². The molecule has 0 spiro atoms. The van der Waals surface area contributed by atoms with E-state index >= 15 is 0 Å². The second-order valence-corrected chi connectivity index (χ2v) is 31.3. The van der Waals surface area contributed by atoms with Gasteiger partial charge in [0.2, 0.25) is 0 Å². The normalized spacial score (nSPS) is 7.80. The van der Waals surface area contributed by atoms with Crippen LogP contribution >= 0.6 is 17.8 Å². The van der Waals surface area contributed by atoms with Crippen LogP contribution in [-0.4, -0.2) is 24.5 Å². The molecule has 0 fully saturated rings. The van der Waals surface area contributed by atoms with Crippen molar-refractivity contribution in [2.45, 2.75) is 0 Å². The first kappa shape index (κ1) is 9.78. The van der Waals surface area contributed by atoms with Gasteiger partial charge in [0, 0.05) is 0 Å². The minimum absolute atomic E-state index is 0. The molecule has 0 N–H and O–H groups in total. The van der Waals surface area contributed by atoms with E-state index in [4.69, 9.17) is 17.8 Å². The van der Waals surface area contributed by atoms with Gasteiger partial charge < -0.3 is 0 Å². The molecule has 0 rings (SSSR count). The van der Waals surface area contributed by atoms with Crippen LogP contribution < -0.4 is 0 Å². The fraction of sp³-hybridized carbons (Fsp3) is 0. The molecular weight excluding hydrogens is 230 g/mol. The first-order valence-corrected chi connectivity index (χ1v) is 20.4. The predicted octanol–water partition coefficient (Wildman–Crippen LogP) is -0.00311. The molecule has 4 heteroatoms. The summed E-state index contributed by atoms with van der Waals surface area (Å²) in [5.74, 6) is 0. The zero-order chi connectivity index (χ0) is 3.58. The summed E-state index contributed by atoms with van der Waals surface area (Å²) in [7, 11) is 11.7. The molecule has 0 aliphatic carbocycles. The topological polar surface area (TPSA) is 0 Å². The maximum atomic E-state index is 5.31. The van der Waals surface area contributed by atoms with Crippen molar-refractivity contribution in [1.29, 1.82) is 0 Å². The Hall–Kier alpha value is 1.60. The van der Waals surface area contributed by atoms with Crippen molar-refractivity contribution in [2.24, 2.45) is 0 Å². The summed E-state index contributed by atoms with van der Waals surface area (Å²) in [4.78, 5) is 0. The van der Waals surface area contributed by atoms with Crippen molar-refractivity contribution in [3.8, 4) is 0 Å². The Labute approximate surface area is 49.5 Å². The number of rotatable bonds is 0. The van der Waals surface area contributed by atoms with Crippen LogP contribution in [-0.2, 0) is 0 Å². The fourth-order valence-corrected chi connectivity index (χ4v) is 0. The average molecular weight is 237 g/mol. The van der Waals surface area contributed by atoms with Crippen LogP contribution in [0.15, 0.2) is 0 Å². The summed E-state index contributed by atoms with van der Waals surface area (Å²) in [6.07, 6.45) is 0. The first-order valence-electron chi connectivity index (χ1n) is 1.01. The molecule has 5 heavy (non-hydrogen) atoms. The van der Waals surface area contributed by atoms with Gasteiger partial charge in [-0.2, -0.15) is 0 Å². The van der Waals surface area contributed by atoms with Gasteiger partial charge in [0.1, 0.15) is 0 Å². The summed E-state index contributed by atoms with van der Waals surface area (Å²) in [6.45, 7) is 0. The van der Waals surface area contributed by atoms with E-state index in [0.29, 0.717) is 0 Å². The Morgan fingerprint density at radius 1 is 1.40 bits per heavy atom. The Morgan fingerprint density at radius 2 is 1.40 bits per heavy atom. The Morgan fingerprint density at radius 3 is 1.40 bits per heavy atom.